The summed E-state index contributed by atoms with van der Waals surface area (Å²) in [5.41, 5.74) is 2.39. The molecule has 6 nitrogen and oxygen atoms in total. The standard InChI is InChI=1S/C14H14N4O2/c1-20-7-6-18-13-12(14(19)17-18)8-11(9-16-13)10-2-4-15-5-3-10/h2-5,8-9H,6-7H2,1H3,(H,17,19). The van der Waals surface area contributed by atoms with E-state index in [0.717, 1.165) is 11.1 Å². The van der Waals surface area contributed by atoms with Gasteiger partial charge in [-0.3, -0.25) is 19.6 Å². The Labute approximate surface area is 115 Å². The highest BCUT2D eigenvalue weighted by atomic mass is 16.5. The lowest BCUT2D eigenvalue weighted by atomic mass is 10.1. The number of aromatic nitrogens is 4. The summed E-state index contributed by atoms with van der Waals surface area (Å²) >= 11 is 0. The number of hydrogen-bond donors (Lipinski definition) is 1. The molecule has 0 amide bonds. The number of rotatable bonds is 4. The van der Waals surface area contributed by atoms with Crippen molar-refractivity contribution < 1.29 is 4.74 Å². The van der Waals surface area contributed by atoms with Crippen molar-refractivity contribution in [3.8, 4) is 11.1 Å². The molecular weight excluding hydrogens is 256 g/mol. The lowest BCUT2D eigenvalue weighted by Gasteiger charge is -2.03. The van der Waals surface area contributed by atoms with Gasteiger partial charge in [0.15, 0.2) is 5.65 Å². The van der Waals surface area contributed by atoms with Crippen molar-refractivity contribution in [1.29, 1.82) is 0 Å². The summed E-state index contributed by atoms with van der Waals surface area (Å²) in [4.78, 5) is 20.3. The van der Waals surface area contributed by atoms with Crippen LogP contribution >= 0.6 is 0 Å². The summed E-state index contributed by atoms with van der Waals surface area (Å²) in [5, 5.41) is 3.35. The zero-order valence-electron chi connectivity index (χ0n) is 11.0. The van der Waals surface area contributed by atoms with Crippen molar-refractivity contribution in [2.24, 2.45) is 0 Å². The minimum atomic E-state index is -0.139. The average Bonchev–Trinajstić information content (AvgIpc) is 2.82. The maximum atomic E-state index is 12.0. The minimum absolute atomic E-state index is 0.139. The van der Waals surface area contributed by atoms with Gasteiger partial charge in [-0.1, -0.05) is 0 Å². The van der Waals surface area contributed by atoms with Crippen molar-refractivity contribution in [3.63, 3.8) is 0 Å². The van der Waals surface area contributed by atoms with E-state index in [4.69, 9.17) is 4.74 Å². The number of ether oxygens (including phenoxy) is 1. The molecule has 0 saturated heterocycles. The Balaban J connectivity index is 2.08. The third-order valence-electron chi connectivity index (χ3n) is 3.14. The lowest BCUT2D eigenvalue weighted by molar-refractivity contribution is 0.184. The fourth-order valence-electron chi connectivity index (χ4n) is 2.12. The van der Waals surface area contributed by atoms with Crippen LogP contribution in [0.4, 0.5) is 0 Å². The van der Waals surface area contributed by atoms with Gasteiger partial charge in [0.1, 0.15) is 0 Å². The van der Waals surface area contributed by atoms with Gasteiger partial charge in [-0.25, -0.2) is 4.98 Å². The summed E-state index contributed by atoms with van der Waals surface area (Å²) in [6.07, 6.45) is 5.19. The SMILES string of the molecule is COCCn1[nH]c(=O)c2cc(-c3ccncc3)cnc21. The number of fused-ring (bicyclic) bond motifs is 1. The number of nitrogens with one attached hydrogen (secondary N) is 1. The van der Waals surface area contributed by atoms with E-state index in [1.165, 1.54) is 0 Å². The molecule has 0 aliphatic rings. The van der Waals surface area contributed by atoms with Crippen LogP contribution in [0.2, 0.25) is 0 Å². The molecule has 20 heavy (non-hydrogen) atoms. The number of methoxy groups -OCH3 is 1. The second-order valence-electron chi connectivity index (χ2n) is 4.42. The van der Waals surface area contributed by atoms with Crippen molar-refractivity contribution >= 4 is 11.0 Å². The number of pyridine rings is 2. The van der Waals surface area contributed by atoms with Crippen LogP contribution in [0.15, 0.2) is 41.6 Å². The second-order valence-corrected chi connectivity index (χ2v) is 4.42. The second kappa shape index (κ2) is 5.26. The Hall–Kier alpha value is -2.47. The van der Waals surface area contributed by atoms with Gasteiger partial charge in [0.25, 0.3) is 5.56 Å². The molecule has 0 unspecified atom stereocenters. The van der Waals surface area contributed by atoms with E-state index in [9.17, 15) is 4.79 Å². The Bertz CT molecular complexity index is 777. The highest BCUT2D eigenvalue weighted by Gasteiger charge is 2.09. The van der Waals surface area contributed by atoms with E-state index in [2.05, 4.69) is 15.1 Å². The average molecular weight is 270 g/mol. The molecule has 0 aliphatic heterocycles. The summed E-state index contributed by atoms with van der Waals surface area (Å²) in [5.74, 6) is 0. The summed E-state index contributed by atoms with van der Waals surface area (Å²) in [7, 11) is 1.62. The van der Waals surface area contributed by atoms with E-state index in [1.54, 1.807) is 30.4 Å². The third-order valence-corrected chi connectivity index (χ3v) is 3.14. The first-order valence-corrected chi connectivity index (χ1v) is 6.27. The van der Waals surface area contributed by atoms with Crippen molar-refractivity contribution in [3.05, 3.63) is 47.1 Å². The van der Waals surface area contributed by atoms with Gasteiger partial charge >= 0.3 is 0 Å². The maximum absolute atomic E-state index is 12.0. The van der Waals surface area contributed by atoms with E-state index in [-0.39, 0.29) is 5.56 Å². The molecule has 102 valence electrons. The molecule has 0 aromatic carbocycles. The first-order valence-electron chi connectivity index (χ1n) is 6.27. The molecule has 0 bridgehead atoms. The molecule has 0 saturated carbocycles. The molecule has 0 atom stereocenters. The van der Waals surface area contributed by atoms with Crippen LogP contribution in [0.25, 0.3) is 22.2 Å². The van der Waals surface area contributed by atoms with Crippen LogP contribution in [0.5, 0.6) is 0 Å². The first kappa shape index (κ1) is 12.6. The fourth-order valence-corrected chi connectivity index (χ4v) is 2.12. The van der Waals surface area contributed by atoms with Gasteiger partial charge in [0, 0.05) is 31.3 Å². The molecule has 0 spiro atoms. The van der Waals surface area contributed by atoms with Gasteiger partial charge in [-0.05, 0) is 23.8 Å². The predicted molar refractivity (Wildman–Crippen MR) is 75.5 cm³/mol. The molecule has 0 radical (unpaired) electrons. The van der Waals surface area contributed by atoms with Crippen LogP contribution in [0.1, 0.15) is 0 Å². The summed E-state index contributed by atoms with van der Waals surface area (Å²) < 4.78 is 6.73. The van der Waals surface area contributed by atoms with Crippen LogP contribution in [-0.2, 0) is 11.3 Å². The zero-order valence-corrected chi connectivity index (χ0v) is 11.0. The zero-order chi connectivity index (χ0) is 13.9. The summed E-state index contributed by atoms with van der Waals surface area (Å²) in [6.45, 7) is 1.09. The molecule has 3 aromatic rings. The smallest absolute Gasteiger partial charge is 0.273 e. The molecule has 0 fully saturated rings. The van der Waals surface area contributed by atoms with E-state index in [0.29, 0.717) is 24.2 Å². The van der Waals surface area contributed by atoms with Crippen LogP contribution < -0.4 is 5.56 Å². The molecule has 3 aromatic heterocycles. The molecule has 0 aliphatic carbocycles. The molecule has 3 heterocycles. The minimum Gasteiger partial charge on any atom is -0.383 e. The van der Waals surface area contributed by atoms with Crippen LogP contribution in [0.3, 0.4) is 0 Å². The van der Waals surface area contributed by atoms with Crippen molar-refractivity contribution in [1.82, 2.24) is 19.7 Å². The Morgan fingerprint density at radius 1 is 1.30 bits per heavy atom. The fraction of sp³-hybridized carbons (Fsp3) is 0.214. The number of hydrogen-bond acceptors (Lipinski definition) is 4. The number of aromatic amines is 1. The normalized spacial score (nSPS) is 11.1. The Morgan fingerprint density at radius 2 is 2.10 bits per heavy atom. The van der Waals surface area contributed by atoms with Gasteiger partial charge in [0.2, 0.25) is 0 Å². The summed E-state index contributed by atoms with van der Waals surface area (Å²) in [6, 6.07) is 5.62. The largest absolute Gasteiger partial charge is 0.383 e. The van der Waals surface area contributed by atoms with E-state index < -0.39 is 0 Å². The Kier molecular flexibility index (Phi) is 3.30. The Morgan fingerprint density at radius 3 is 2.85 bits per heavy atom. The van der Waals surface area contributed by atoms with Gasteiger partial charge < -0.3 is 4.74 Å². The topological polar surface area (TPSA) is 72.8 Å². The van der Waals surface area contributed by atoms with E-state index >= 15 is 0 Å². The number of H-pyrrole nitrogens is 1. The molecular formula is C14H14N4O2. The van der Waals surface area contributed by atoms with Gasteiger partial charge in [-0.15, -0.1) is 0 Å². The third kappa shape index (κ3) is 2.21. The highest BCUT2D eigenvalue weighted by molar-refractivity contribution is 5.80. The van der Waals surface area contributed by atoms with Crippen LogP contribution in [-0.4, -0.2) is 33.5 Å². The number of nitrogens with zero attached hydrogens (tertiary/aromatic N) is 3. The highest BCUT2D eigenvalue weighted by Crippen LogP contribution is 2.20. The molecule has 3 rings (SSSR count). The maximum Gasteiger partial charge on any atom is 0.273 e. The lowest BCUT2D eigenvalue weighted by Crippen LogP contribution is -2.09. The van der Waals surface area contributed by atoms with Gasteiger partial charge in [0.05, 0.1) is 18.5 Å². The monoisotopic (exact) mass is 270 g/mol. The van der Waals surface area contributed by atoms with Crippen molar-refractivity contribution in [2.45, 2.75) is 6.54 Å². The first-order chi connectivity index (χ1) is 9.79. The molecule has 1 N–H and O–H groups in total. The quantitative estimate of drug-likeness (QED) is 0.778. The predicted octanol–water partition coefficient (Wildman–Crippen LogP) is 1.43. The van der Waals surface area contributed by atoms with Crippen molar-refractivity contribution in [2.75, 3.05) is 13.7 Å². The molecule has 6 heteroatoms. The van der Waals surface area contributed by atoms with E-state index in [1.807, 2.05) is 18.2 Å². The van der Waals surface area contributed by atoms with Gasteiger partial charge in [-0.2, -0.15) is 0 Å². The van der Waals surface area contributed by atoms with Crippen LogP contribution in [0, 0.1) is 0 Å².